The predicted octanol–water partition coefficient (Wildman–Crippen LogP) is 4.50. The molecule has 19 heavy (non-hydrogen) atoms. The van der Waals surface area contributed by atoms with Crippen molar-refractivity contribution in [3.63, 3.8) is 0 Å². The molecule has 0 saturated heterocycles. The first-order chi connectivity index (χ1) is 8.97. The summed E-state index contributed by atoms with van der Waals surface area (Å²) in [6.45, 7) is 6.79. The minimum absolute atomic E-state index is 0.580. The number of rotatable bonds is 3. The van der Waals surface area contributed by atoms with Crippen molar-refractivity contribution < 1.29 is 8.78 Å². The van der Waals surface area contributed by atoms with Gasteiger partial charge in [-0.25, -0.2) is 8.78 Å². The molecule has 2 rings (SSSR count). The van der Waals surface area contributed by atoms with Gasteiger partial charge in [-0.2, -0.15) is 0 Å². The van der Waals surface area contributed by atoms with Crippen LogP contribution in [0, 0.1) is 32.4 Å². The Hall–Kier alpha value is -1.90. The van der Waals surface area contributed by atoms with E-state index >= 15 is 0 Å². The molecule has 100 valence electrons. The minimum atomic E-state index is -0.832. The molecule has 2 aromatic rings. The molecule has 2 aromatic carbocycles. The normalized spacial score (nSPS) is 10.6. The molecule has 0 amide bonds. The molecule has 0 radical (unpaired) electrons. The highest BCUT2D eigenvalue weighted by atomic mass is 19.2. The smallest absolute Gasteiger partial charge is 0.160 e. The molecule has 0 bridgehead atoms. The van der Waals surface area contributed by atoms with Gasteiger partial charge >= 0.3 is 0 Å². The fourth-order valence-electron chi connectivity index (χ4n) is 2.01. The van der Waals surface area contributed by atoms with Crippen molar-refractivity contribution in [1.29, 1.82) is 0 Å². The Morgan fingerprint density at radius 1 is 0.842 bits per heavy atom. The van der Waals surface area contributed by atoms with Crippen LogP contribution in [0.25, 0.3) is 0 Å². The molecule has 0 aliphatic heterocycles. The summed E-state index contributed by atoms with van der Waals surface area (Å²) in [4.78, 5) is 0. The van der Waals surface area contributed by atoms with Gasteiger partial charge in [0.25, 0.3) is 0 Å². The van der Waals surface area contributed by atoms with Gasteiger partial charge in [-0.15, -0.1) is 0 Å². The van der Waals surface area contributed by atoms with Gasteiger partial charge in [0.05, 0.1) is 0 Å². The molecule has 0 fully saturated rings. The summed E-state index contributed by atoms with van der Waals surface area (Å²) in [5, 5.41) is 3.11. The highest BCUT2D eigenvalue weighted by Crippen LogP contribution is 2.18. The van der Waals surface area contributed by atoms with E-state index in [0.29, 0.717) is 12.2 Å². The highest BCUT2D eigenvalue weighted by molar-refractivity contribution is 5.45. The summed E-state index contributed by atoms with van der Waals surface area (Å²) >= 11 is 0. The van der Waals surface area contributed by atoms with E-state index < -0.39 is 11.6 Å². The summed E-state index contributed by atoms with van der Waals surface area (Å²) in [7, 11) is 0. The fourth-order valence-corrected chi connectivity index (χ4v) is 2.01. The molecule has 1 N–H and O–H groups in total. The van der Waals surface area contributed by atoms with Crippen molar-refractivity contribution in [2.24, 2.45) is 0 Å². The van der Waals surface area contributed by atoms with Crippen LogP contribution in [-0.2, 0) is 6.54 Å². The SMILES string of the molecule is Cc1cc(C)c(CNc2ccc(F)c(F)c2)cc1C. The Morgan fingerprint density at radius 3 is 2.21 bits per heavy atom. The molecule has 0 spiro atoms. The summed E-state index contributed by atoms with van der Waals surface area (Å²) in [6.07, 6.45) is 0. The second kappa shape index (κ2) is 5.39. The zero-order chi connectivity index (χ0) is 14.0. The first-order valence-electron chi connectivity index (χ1n) is 6.23. The number of anilines is 1. The molecule has 0 aliphatic rings. The van der Waals surface area contributed by atoms with E-state index in [0.717, 1.165) is 11.6 Å². The maximum Gasteiger partial charge on any atom is 0.160 e. The first-order valence-corrected chi connectivity index (χ1v) is 6.23. The summed E-state index contributed by atoms with van der Waals surface area (Å²) in [6, 6.07) is 8.10. The molecule has 0 aromatic heterocycles. The van der Waals surface area contributed by atoms with Gasteiger partial charge in [0.2, 0.25) is 0 Å². The van der Waals surface area contributed by atoms with Gasteiger partial charge in [0.1, 0.15) is 0 Å². The van der Waals surface area contributed by atoms with Gasteiger partial charge in [-0.05, 0) is 55.2 Å². The van der Waals surface area contributed by atoms with Crippen LogP contribution in [0.2, 0.25) is 0 Å². The molecule has 0 atom stereocenters. The van der Waals surface area contributed by atoms with E-state index in [1.807, 2.05) is 0 Å². The van der Waals surface area contributed by atoms with Gasteiger partial charge in [-0.1, -0.05) is 12.1 Å². The minimum Gasteiger partial charge on any atom is -0.381 e. The number of nitrogens with one attached hydrogen (secondary N) is 1. The number of aryl methyl sites for hydroxylation is 3. The number of benzene rings is 2. The second-order valence-electron chi connectivity index (χ2n) is 4.85. The van der Waals surface area contributed by atoms with Crippen molar-refractivity contribution in [3.8, 4) is 0 Å². The Morgan fingerprint density at radius 2 is 1.53 bits per heavy atom. The third kappa shape index (κ3) is 3.11. The van der Waals surface area contributed by atoms with E-state index in [2.05, 4.69) is 38.2 Å². The van der Waals surface area contributed by atoms with Gasteiger partial charge in [-0.3, -0.25) is 0 Å². The van der Waals surface area contributed by atoms with Crippen molar-refractivity contribution in [1.82, 2.24) is 0 Å². The van der Waals surface area contributed by atoms with Crippen LogP contribution in [0.15, 0.2) is 30.3 Å². The average Bonchev–Trinajstić information content (AvgIpc) is 2.36. The molecule has 0 saturated carbocycles. The summed E-state index contributed by atoms with van der Waals surface area (Å²) in [5.74, 6) is -1.66. The Balaban J connectivity index is 2.14. The zero-order valence-corrected chi connectivity index (χ0v) is 11.3. The van der Waals surface area contributed by atoms with Crippen LogP contribution in [0.5, 0.6) is 0 Å². The quantitative estimate of drug-likeness (QED) is 0.857. The topological polar surface area (TPSA) is 12.0 Å². The second-order valence-corrected chi connectivity index (χ2v) is 4.85. The van der Waals surface area contributed by atoms with Crippen LogP contribution >= 0.6 is 0 Å². The molecular formula is C16H17F2N. The van der Waals surface area contributed by atoms with Crippen molar-refractivity contribution in [2.45, 2.75) is 27.3 Å². The number of hydrogen-bond donors (Lipinski definition) is 1. The average molecular weight is 261 g/mol. The Kier molecular flexibility index (Phi) is 3.84. The maximum atomic E-state index is 13.1. The van der Waals surface area contributed by atoms with Crippen LogP contribution in [0.1, 0.15) is 22.3 Å². The highest BCUT2D eigenvalue weighted by Gasteiger charge is 2.04. The third-order valence-electron chi connectivity index (χ3n) is 3.35. The monoisotopic (exact) mass is 261 g/mol. The zero-order valence-electron chi connectivity index (χ0n) is 11.3. The lowest BCUT2D eigenvalue weighted by atomic mass is 10.0. The lowest BCUT2D eigenvalue weighted by Gasteiger charge is -2.12. The molecule has 0 unspecified atom stereocenters. The van der Waals surface area contributed by atoms with Gasteiger partial charge in [0, 0.05) is 18.3 Å². The van der Waals surface area contributed by atoms with E-state index in [-0.39, 0.29) is 0 Å². The Labute approximate surface area is 112 Å². The van der Waals surface area contributed by atoms with Gasteiger partial charge in [0.15, 0.2) is 11.6 Å². The fraction of sp³-hybridized carbons (Fsp3) is 0.250. The molecule has 0 heterocycles. The largest absolute Gasteiger partial charge is 0.381 e. The van der Waals surface area contributed by atoms with Gasteiger partial charge < -0.3 is 5.32 Å². The van der Waals surface area contributed by atoms with Crippen LogP contribution in [-0.4, -0.2) is 0 Å². The predicted molar refractivity (Wildman–Crippen MR) is 74.3 cm³/mol. The number of hydrogen-bond acceptors (Lipinski definition) is 1. The van der Waals surface area contributed by atoms with Crippen LogP contribution < -0.4 is 5.32 Å². The van der Waals surface area contributed by atoms with Crippen molar-refractivity contribution in [3.05, 3.63) is 64.2 Å². The van der Waals surface area contributed by atoms with Crippen LogP contribution in [0.3, 0.4) is 0 Å². The number of halogens is 2. The molecule has 0 aliphatic carbocycles. The maximum absolute atomic E-state index is 13.1. The molecule has 1 nitrogen and oxygen atoms in total. The Bertz CT molecular complexity index is 606. The van der Waals surface area contributed by atoms with Crippen LogP contribution in [0.4, 0.5) is 14.5 Å². The van der Waals surface area contributed by atoms with Crippen molar-refractivity contribution >= 4 is 5.69 Å². The van der Waals surface area contributed by atoms with E-state index in [1.165, 1.54) is 28.8 Å². The van der Waals surface area contributed by atoms with E-state index in [9.17, 15) is 8.78 Å². The first kappa shape index (κ1) is 13.5. The third-order valence-corrected chi connectivity index (χ3v) is 3.35. The molecule has 3 heteroatoms. The van der Waals surface area contributed by atoms with E-state index in [4.69, 9.17) is 0 Å². The lowest BCUT2D eigenvalue weighted by molar-refractivity contribution is 0.509. The van der Waals surface area contributed by atoms with E-state index in [1.54, 1.807) is 0 Å². The summed E-state index contributed by atoms with van der Waals surface area (Å²) in [5.41, 5.74) is 5.42. The lowest BCUT2D eigenvalue weighted by Crippen LogP contribution is -2.03. The standard InChI is InChI=1S/C16H17F2N/c1-10-6-12(3)13(7-11(10)2)9-19-14-4-5-15(17)16(18)8-14/h4-8,19H,9H2,1-3H3. The molecular weight excluding hydrogens is 244 g/mol. The summed E-state index contributed by atoms with van der Waals surface area (Å²) < 4.78 is 25.9. The van der Waals surface area contributed by atoms with Crippen molar-refractivity contribution in [2.75, 3.05) is 5.32 Å².